The molecule has 1 rings (SSSR count). The first-order valence-corrected chi connectivity index (χ1v) is 4.29. The van der Waals surface area contributed by atoms with Crippen molar-refractivity contribution in [3.05, 3.63) is 29.6 Å². The normalized spacial score (nSPS) is 11.2. The van der Waals surface area contributed by atoms with Gasteiger partial charge in [0.1, 0.15) is 11.6 Å². The third kappa shape index (κ3) is 2.30. The number of hydrogen-bond acceptors (Lipinski definition) is 1. The summed E-state index contributed by atoms with van der Waals surface area (Å²) in [6.45, 7) is 0. The summed E-state index contributed by atoms with van der Waals surface area (Å²) in [4.78, 5) is 0. The van der Waals surface area contributed by atoms with Gasteiger partial charge in [0.25, 0.3) is 0 Å². The molecular formula is C8H12B3FO. The molecule has 0 unspecified atom stereocenters. The maximum Gasteiger partial charge on any atom is 0.123 e. The number of ether oxygens (including phenoxy) is 1. The Morgan fingerprint density at radius 1 is 1.31 bits per heavy atom. The van der Waals surface area contributed by atoms with Gasteiger partial charge in [-0.15, -0.1) is 0 Å². The quantitative estimate of drug-likeness (QED) is 0.516. The summed E-state index contributed by atoms with van der Waals surface area (Å²) in [5.41, 5.74) is 0.898. The SMILES string of the molecule is BC(B)(B)c1cc(F)ccc1OC. The molecule has 1 aromatic rings. The van der Waals surface area contributed by atoms with Crippen LogP contribution >= 0.6 is 0 Å². The van der Waals surface area contributed by atoms with E-state index in [1.807, 2.05) is 23.5 Å². The van der Waals surface area contributed by atoms with Crippen molar-refractivity contribution in [2.45, 2.75) is 5.11 Å². The number of benzene rings is 1. The van der Waals surface area contributed by atoms with Crippen molar-refractivity contribution in [1.82, 2.24) is 0 Å². The molecule has 0 aliphatic heterocycles. The van der Waals surface area contributed by atoms with Crippen LogP contribution in [0.15, 0.2) is 18.2 Å². The molecule has 0 radical (unpaired) electrons. The average molecular weight is 176 g/mol. The molecule has 0 N–H and O–H groups in total. The molecule has 66 valence electrons. The van der Waals surface area contributed by atoms with Crippen LogP contribution in [0.4, 0.5) is 4.39 Å². The highest BCUT2D eigenvalue weighted by Gasteiger charge is 2.19. The van der Waals surface area contributed by atoms with E-state index >= 15 is 0 Å². The lowest BCUT2D eigenvalue weighted by Crippen LogP contribution is -2.27. The molecule has 0 spiro atoms. The van der Waals surface area contributed by atoms with Gasteiger partial charge in [0, 0.05) is 0 Å². The highest BCUT2D eigenvalue weighted by atomic mass is 19.1. The van der Waals surface area contributed by atoms with Crippen LogP contribution in [0, 0.1) is 5.82 Å². The van der Waals surface area contributed by atoms with E-state index in [2.05, 4.69) is 0 Å². The standard InChI is InChI=1S/C8H12B3FO/c1-13-7-3-2-5(12)4-6(7)8(9,10)11/h2-4H,9-11H2,1H3. The first-order chi connectivity index (χ1) is 5.95. The first-order valence-electron chi connectivity index (χ1n) is 4.29. The molecule has 0 aliphatic rings. The van der Waals surface area contributed by atoms with Crippen LogP contribution < -0.4 is 4.74 Å². The summed E-state index contributed by atoms with van der Waals surface area (Å²) < 4.78 is 18.1. The van der Waals surface area contributed by atoms with Crippen molar-refractivity contribution in [2.24, 2.45) is 0 Å². The van der Waals surface area contributed by atoms with Crippen molar-refractivity contribution in [2.75, 3.05) is 7.11 Å². The van der Waals surface area contributed by atoms with Crippen molar-refractivity contribution in [1.29, 1.82) is 0 Å². The first kappa shape index (κ1) is 10.2. The molecule has 1 aromatic carbocycles. The maximum atomic E-state index is 13.0. The molecule has 0 fully saturated rings. The Morgan fingerprint density at radius 2 is 1.92 bits per heavy atom. The van der Waals surface area contributed by atoms with E-state index in [4.69, 9.17) is 4.74 Å². The maximum absolute atomic E-state index is 13.0. The second kappa shape index (κ2) is 3.48. The number of methoxy groups -OCH3 is 1. The van der Waals surface area contributed by atoms with E-state index in [-0.39, 0.29) is 10.9 Å². The lowest BCUT2D eigenvalue weighted by Gasteiger charge is -2.21. The smallest absolute Gasteiger partial charge is 0.123 e. The van der Waals surface area contributed by atoms with Crippen LogP contribution in [0.2, 0.25) is 0 Å². The molecule has 0 saturated carbocycles. The van der Waals surface area contributed by atoms with Crippen molar-refractivity contribution >= 4 is 23.5 Å². The van der Waals surface area contributed by atoms with Gasteiger partial charge in [-0.25, -0.2) is 4.39 Å². The van der Waals surface area contributed by atoms with E-state index < -0.39 is 0 Å². The summed E-state index contributed by atoms with van der Waals surface area (Å²) in [6, 6.07) is 4.60. The van der Waals surface area contributed by atoms with Crippen LogP contribution in [0.25, 0.3) is 0 Å². The monoisotopic (exact) mass is 176 g/mol. The van der Waals surface area contributed by atoms with Gasteiger partial charge in [0.05, 0.1) is 30.6 Å². The number of rotatable bonds is 2. The minimum absolute atomic E-state index is 0.0898. The summed E-state index contributed by atoms with van der Waals surface area (Å²) in [5, 5.41) is -0.0898. The molecule has 5 heteroatoms. The molecule has 0 aromatic heterocycles. The van der Waals surface area contributed by atoms with E-state index in [0.717, 1.165) is 11.3 Å². The van der Waals surface area contributed by atoms with Crippen molar-refractivity contribution in [3.63, 3.8) is 0 Å². The van der Waals surface area contributed by atoms with Gasteiger partial charge in [0.15, 0.2) is 0 Å². The minimum Gasteiger partial charge on any atom is -0.497 e. The number of halogens is 1. The fourth-order valence-corrected chi connectivity index (χ4v) is 1.27. The molecule has 0 bridgehead atoms. The van der Waals surface area contributed by atoms with Gasteiger partial charge in [-0.1, -0.05) is 5.11 Å². The van der Waals surface area contributed by atoms with Crippen LogP contribution in [-0.2, 0) is 5.11 Å². The van der Waals surface area contributed by atoms with Gasteiger partial charge in [0.2, 0.25) is 0 Å². The summed E-state index contributed by atoms with van der Waals surface area (Å²) in [5.74, 6) is 0.527. The molecule has 13 heavy (non-hydrogen) atoms. The molecule has 1 nitrogen and oxygen atoms in total. The Morgan fingerprint density at radius 3 is 2.38 bits per heavy atom. The number of hydrogen-bond donors (Lipinski definition) is 0. The molecule has 0 heterocycles. The van der Waals surface area contributed by atoms with E-state index in [1.54, 1.807) is 13.2 Å². The third-order valence-electron chi connectivity index (χ3n) is 1.97. The van der Waals surface area contributed by atoms with Gasteiger partial charge >= 0.3 is 0 Å². The van der Waals surface area contributed by atoms with Gasteiger partial charge in [-0.2, -0.15) is 0 Å². The summed E-state index contributed by atoms with van der Waals surface area (Å²) >= 11 is 0. The molecule has 0 atom stereocenters. The topological polar surface area (TPSA) is 9.23 Å². The predicted octanol–water partition coefficient (Wildman–Crippen LogP) is -1.16. The minimum atomic E-state index is -0.217. The highest BCUT2D eigenvalue weighted by molar-refractivity contribution is 6.59. The van der Waals surface area contributed by atoms with Crippen LogP contribution in [0.1, 0.15) is 5.56 Å². The van der Waals surface area contributed by atoms with Crippen LogP contribution in [0.3, 0.4) is 0 Å². The molecule has 0 saturated heterocycles. The highest BCUT2D eigenvalue weighted by Crippen LogP contribution is 2.26. The Labute approximate surface area is 80.9 Å². The van der Waals surface area contributed by atoms with Crippen molar-refractivity contribution in [3.8, 4) is 5.75 Å². The molecule has 0 aliphatic carbocycles. The lowest BCUT2D eigenvalue weighted by atomic mass is 9.40. The van der Waals surface area contributed by atoms with Gasteiger partial charge in [-0.3, -0.25) is 0 Å². The average Bonchev–Trinajstić information content (AvgIpc) is 2.03. The largest absolute Gasteiger partial charge is 0.497 e. The van der Waals surface area contributed by atoms with Crippen LogP contribution in [0.5, 0.6) is 5.75 Å². The Balaban J connectivity index is 3.24. The zero-order valence-corrected chi connectivity index (χ0v) is 8.52. The second-order valence-electron chi connectivity index (χ2n) is 4.09. The van der Waals surface area contributed by atoms with Crippen LogP contribution in [-0.4, -0.2) is 30.6 Å². The Bertz CT molecular complexity index is 309. The fraction of sp³-hybridized carbons (Fsp3) is 0.250. The van der Waals surface area contributed by atoms with Crippen molar-refractivity contribution < 1.29 is 9.13 Å². The van der Waals surface area contributed by atoms with E-state index in [9.17, 15) is 4.39 Å². The predicted molar refractivity (Wildman–Crippen MR) is 60.3 cm³/mol. The lowest BCUT2D eigenvalue weighted by molar-refractivity contribution is 0.409. The zero-order valence-electron chi connectivity index (χ0n) is 8.52. The van der Waals surface area contributed by atoms with Gasteiger partial charge in [-0.05, 0) is 23.8 Å². The van der Waals surface area contributed by atoms with E-state index in [1.165, 1.54) is 12.1 Å². The molecular weight excluding hydrogens is 164 g/mol. The summed E-state index contributed by atoms with van der Waals surface area (Å²) in [7, 11) is 7.70. The zero-order chi connectivity index (χ0) is 10.1. The Hall–Kier alpha value is -0.855. The molecule has 0 amide bonds. The second-order valence-corrected chi connectivity index (χ2v) is 4.09. The van der Waals surface area contributed by atoms with E-state index in [0.29, 0.717) is 0 Å². The third-order valence-corrected chi connectivity index (χ3v) is 1.97. The Kier molecular flexibility index (Phi) is 2.74. The fourth-order valence-electron chi connectivity index (χ4n) is 1.27. The van der Waals surface area contributed by atoms with Gasteiger partial charge < -0.3 is 4.74 Å². The summed E-state index contributed by atoms with van der Waals surface area (Å²) in [6.07, 6.45) is 0.